The van der Waals surface area contributed by atoms with Gasteiger partial charge < -0.3 is 4.74 Å². The van der Waals surface area contributed by atoms with E-state index in [2.05, 4.69) is 17.7 Å². The first-order chi connectivity index (χ1) is 6.16. The molecule has 0 aliphatic carbocycles. The lowest BCUT2D eigenvalue weighted by atomic mass is 10.5. The molecule has 0 saturated carbocycles. The van der Waals surface area contributed by atoms with E-state index in [1.807, 2.05) is 6.92 Å². The quantitative estimate of drug-likeness (QED) is 0.736. The summed E-state index contributed by atoms with van der Waals surface area (Å²) >= 11 is 4.09. The molecule has 0 saturated heterocycles. The summed E-state index contributed by atoms with van der Waals surface area (Å²) in [7, 11) is 1.58. The van der Waals surface area contributed by atoms with Crippen molar-refractivity contribution in [2.45, 2.75) is 18.2 Å². The number of aromatic nitrogens is 2. The zero-order chi connectivity index (χ0) is 9.84. The van der Waals surface area contributed by atoms with Gasteiger partial charge in [-0.15, -0.1) is 12.6 Å². The lowest BCUT2D eigenvalue weighted by Crippen LogP contribution is -2.22. The van der Waals surface area contributed by atoms with Crippen molar-refractivity contribution in [3.63, 3.8) is 0 Å². The van der Waals surface area contributed by atoms with E-state index < -0.39 is 0 Å². The number of thiol groups is 1. The van der Waals surface area contributed by atoms with Crippen LogP contribution in [0.2, 0.25) is 0 Å². The molecule has 13 heavy (non-hydrogen) atoms. The van der Waals surface area contributed by atoms with E-state index in [1.165, 1.54) is 10.9 Å². The number of ether oxygens (including phenoxy) is 1. The molecular weight excluding hydrogens is 188 g/mol. The number of aryl methyl sites for hydroxylation is 1. The van der Waals surface area contributed by atoms with Gasteiger partial charge in [0.2, 0.25) is 5.75 Å². The van der Waals surface area contributed by atoms with Crippen molar-refractivity contribution in [2.24, 2.45) is 7.05 Å². The third-order valence-electron chi connectivity index (χ3n) is 1.52. The number of nitrogens with zero attached hydrogens (tertiary/aromatic N) is 2. The molecule has 0 amide bonds. The Hall–Kier alpha value is -0.970. The Balaban J connectivity index is 3.03. The average molecular weight is 200 g/mol. The van der Waals surface area contributed by atoms with Crippen LogP contribution < -0.4 is 10.3 Å². The summed E-state index contributed by atoms with van der Waals surface area (Å²) in [4.78, 5) is 11.9. The summed E-state index contributed by atoms with van der Waals surface area (Å²) in [6, 6.07) is 0. The van der Waals surface area contributed by atoms with Gasteiger partial charge in [0.1, 0.15) is 0 Å². The summed E-state index contributed by atoms with van der Waals surface area (Å²) in [5.41, 5.74) is -0.249. The molecular formula is C8H12N2O2S. The van der Waals surface area contributed by atoms with Crippen LogP contribution in [-0.2, 0) is 7.05 Å². The van der Waals surface area contributed by atoms with Gasteiger partial charge in [-0.2, -0.15) is 5.10 Å². The molecule has 1 rings (SSSR count). The highest BCUT2D eigenvalue weighted by molar-refractivity contribution is 7.80. The van der Waals surface area contributed by atoms with Gasteiger partial charge in [-0.3, -0.25) is 4.79 Å². The Labute approximate surface area is 81.9 Å². The van der Waals surface area contributed by atoms with E-state index in [0.717, 1.165) is 6.42 Å². The number of rotatable bonds is 3. The van der Waals surface area contributed by atoms with Gasteiger partial charge in [0, 0.05) is 7.05 Å². The molecule has 0 N–H and O–H groups in total. The third kappa shape index (κ3) is 2.24. The van der Waals surface area contributed by atoms with Crippen molar-refractivity contribution in [3.05, 3.63) is 16.6 Å². The minimum atomic E-state index is -0.249. The first kappa shape index (κ1) is 10.1. The smallest absolute Gasteiger partial charge is 0.309 e. The largest absolute Gasteiger partial charge is 0.487 e. The lowest BCUT2D eigenvalue weighted by molar-refractivity contribution is 0.301. The number of hydrogen-bond donors (Lipinski definition) is 1. The Morgan fingerprint density at radius 2 is 2.38 bits per heavy atom. The average Bonchev–Trinajstić information content (AvgIpc) is 2.12. The van der Waals surface area contributed by atoms with E-state index in [4.69, 9.17) is 4.74 Å². The van der Waals surface area contributed by atoms with Crippen LogP contribution >= 0.6 is 12.6 Å². The second kappa shape index (κ2) is 4.32. The molecule has 0 spiro atoms. The van der Waals surface area contributed by atoms with Gasteiger partial charge in [-0.1, -0.05) is 6.92 Å². The maximum Gasteiger partial charge on any atom is 0.309 e. The monoisotopic (exact) mass is 200 g/mol. The normalized spacial score (nSPS) is 10.1. The van der Waals surface area contributed by atoms with Crippen LogP contribution in [0.4, 0.5) is 0 Å². The van der Waals surface area contributed by atoms with Crippen LogP contribution in [0.25, 0.3) is 0 Å². The van der Waals surface area contributed by atoms with Gasteiger partial charge in [-0.05, 0) is 6.42 Å². The minimum Gasteiger partial charge on any atom is -0.487 e. The standard InChI is InChI=1S/C8H12N2O2S/c1-3-4-12-7-6(13)5-9-10(2)8(7)11/h5,13H,3-4H2,1-2H3. The molecule has 1 aromatic heterocycles. The fourth-order valence-corrected chi connectivity index (χ4v) is 1.06. The zero-order valence-corrected chi connectivity index (χ0v) is 8.54. The van der Waals surface area contributed by atoms with Crippen LogP contribution in [0.5, 0.6) is 5.75 Å². The lowest BCUT2D eigenvalue weighted by Gasteiger charge is -2.06. The Morgan fingerprint density at radius 1 is 1.69 bits per heavy atom. The van der Waals surface area contributed by atoms with Crippen LogP contribution in [0.1, 0.15) is 13.3 Å². The molecule has 0 aliphatic rings. The second-order valence-corrected chi connectivity index (χ2v) is 3.12. The van der Waals surface area contributed by atoms with Gasteiger partial charge in [-0.25, -0.2) is 4.68 Å². The van der Waals surface area contributed by atoms with Crippen molar-refractivity contribution < 1.29 is 4.74 Å². The molecule has 0 fully saturated rings. The summed E-state index contributed by atoms with van der Waals surface area (Å²) in [6.07, 6.45) is 2.36. The molecule has 0 aliphatic heterocycles. The van der Waals surface area contributed by atoms with Crippen LogP contribution in [0.3, 0.4) is 0 Å². The molecule has 0 radical (unpaired) electrons. The topological polar surface area (TPSA) is 44.1 Å². The predicted octanol–water partition coefficient (Wildman–Crippen LogP) is 0.858. The molecule has 0 unspecified atom stereocenters. The summed E-state index contributed by atoms with van der Waals surface area (Å²) in [5.74, 6) is 0.280. The van der Waals surface area contributed by atoms with Crippen molar-refractivity contribution >= 4 is 12.6 Å². The fourth-order valence-electron chi connectivity index (χ4n) is 0.849. The molecule has 5 heteroatoms. The van der Waals surface area contributed by atoms with E-state index in [-0.39, 0.29) is 11.3 Å². The van der Waals surface area contributed by atoms with Crippen molar-refractivity contribution in [1.29, 1.82) is 0 Å². The molecule has 4 nitrogen and oxygen atoms in total. The SMILES string of the molecule is CCCOc1c(S)cnn(C)c1=O. The predicted molar refractivity (Wildman–Crippen MR) is 52.5 cm³/mol. The molecule has 1 heterocycles. The third-order valence-corrected chi connectivity index (χ3v) is 1.84. The van der Waals surface area contributed by atoms with E-state index >= 15 is 0 Å². The molecule has 0 aromatic carbocycles. The van der Waals surface area contributed by atoms with Crippen LogP contribution in [0.15, 0.2) is 15.9 Å². The maximum absolute atomic E-state index is 11.4. The zero-order valence-electron chi connectivity index (χ0n) is 7.65. The maximum atomic E-state index is 11.4. The summed E-state index contributed by atoms with van der Waals surface area (Å²) < 4.78 is 6.47. The van der Waals surface area contributed by atoms with Crippen LogP contribution in [-0.4, -0.2) is 16.4 Å². The first-order valence-corrected chi connectivity index (χ1v) is 4.49. The van der Waals surface area contributed by atoms with E-state index in [1.54, 1.807) is 7.05 Å². The minimum absolute atomic E-state index is 0.249. The van der Waals surface area contributed by atoms with Gasteiger partial charge in [0.25, 0.3) is 0 Å². The second-order valence-electron chi connectivity index (χ2n) is 2.64. The van der Waals surface area contributed by atoms with Gasteiger partial charge >= 0.3 is 5.56 Å². The summed E-state index contributed by atoms with van der Waals surface area (Å²) in [5, 5.41) is 3.79. The molecule has 0 atom stereocenters. The van der Waals surface area contributed by atoms with Crippen molar-refractivity contribution in [2.75, 3.05) is 6.61 Å². The Kier molecular flexibility index (Phi) is 3.36. The molecule has 0 bridgehead atoms. The van der Waals surface area contributed by atoms with Crippen LogP contribution in [0, 0.1) is 0 Å². The van der Waals surface area contributed by atoms with E-state index in [9.17, 15) is 4.79 Å². The molecule has 1 aromatic rings. The Bertz CT molecular complexity index is 348. The van der Waals surface area contributed by atoms with Gasteiger partial charge in [0.05, 0.1) is 17.7 Å². The van der Waals surface area contributed by atoms with Gasteiger partial charge in [0.15, 0.2) is 0 Å². The fraction of sp³-hybridized carbons (Fsp3) is 0.500. The van der Waals surface area contributed by atoms with Crippen molar-refractivity contribution in [3.8, 4) is 5.75 Å². The molecule has 72 valence electrons. The highest BCUT2D eigenvalue weighted by atomic mass is 32.1. The summed E-state index contributed by atoms with van der Waals surface area (Å²) in [6.45, 7) is 2.50. The first-order valence-electron chi connectivity index (χ1n) is 4.05. The Morgan fingerprint density at radius 3 is 3.00 bits per heavy atom. The highest BCUT2D eigenvalue weighted by Crippen LogP contribution is 2.15. The highest BCUT2D eigenvalue weighted by Gasteiger charge is 2.07. The number of hydrogen-bond acceptors (Lipinski definition) is 4. The van der Waals surface area contributed by atoms with Crippen molar-refractivity contribution in [1.82, 2.24) is 9.78 Å². The van der Waals surface area contributed by atoms with E-state index in [0.29, 0.717) is 11.5 Å².